The Bertz CT molecular complexity index is 640. The molecule has 134 valence electrons. The summed E-state index contributed by atoms with van der Waals surface area (Å²) >= 11 is 0. The Kier molecular flexibility index (Phi) is 7.05. The standard InChI is InChI=1S/C22H28O3/c1-5-19(11-6-16(2)3)24-20-14-9-18(10-15-20)22(23)25-21-12-7-17(4)8-13-21/h5-8,11-13,18,20H,1,9-10,14-15H2,2-4H3/b19-11+. The van der Waals surface area contributed by atoms with Crippen LogP contribution in [0.1, 0.15) is 45.1 Å². The van der Waals surface area contributed by atoms with E-state index in [0.717, 1.165) is 37.0 Å². The van der Waals surface area contributed by atoms with Gasteiger partial charge in [-0.2, -0.15) is 0 Å². The summed E-state index contributed by atoms with van der Waals surface area (Å²) < 4.78 is 11.5. The molecule has 1 fully saturated rings. The van der Waals surface area contributed by atoms with Crippen molar-refractivity contribution in [3.8, 4) is 5.75 Å². The minimum atomic E-state index is -0.133. The Labute approximate surface area is 151 Å². The highest BCUT2D eigenvalue weighted by molar-refractivity contribution is 5.75. The van der Waals surface area contributed by atoms with Crippen LogP contribution in [0.15, 0.2) is 60.4 Å². The van der Waals surface area contributed by atoms with Crippen molar-refractivity contribution in [3.05, 3.63) is 66.0 Å². The van der Waals surface area contributed by atoms with E-state index in [4.69, 9.17) is 9.47 Å². The van der Waals surface area contributed by atoms with Crippen LogP contribution < -0.4 is 4.74 Å². The number of hydrogen-bond acceptors (Lipinski definition) is 3. The first-order valence-electron chi connectivity index (χ1n) is 8.90. The van der Waals surface area contributed by atoms with E-state index in [-0.39, 0.29) is 18.0 Å². The lowest BCUT2D eigenvalue weighted by molar-refractivity contribution is -0.140. The molecular weight excluding hydrogens is 312 g/mol. The third-order valence-electron chi connectivity index (χ3n) is 4.33. The molecule has 1 aliphatic carbocycles. The normalized spacial score (nSPS) is 20.5. The van der Waals surface area contributed by atoms with Crippen molar-refractivity contribution < 1.29 is 14.3 Å². The molecule has 2 rings (SSSR count). The molecule has 0 radical (unpaired) electrons. The summed E-state index contributed by atoms with van der Waals surface area (Å²) in [5.41, 5.74) is 2.36. The van der Waals surface area contributed by atoms with Gasteiger partial charge in [0.15, 0.2) is 0 Å². The van der Waals surface area contributed by atoms with Crippen LogP contribution in [0.25, 0.3) is 0 Å². The number of rotatable bonds is 6. The van der Waals surface area contributed by atoms with Crippen LogP contribution in [0.4, 0.5) is 0 Å². The first-order valence-corrected chi connectivity index (χ1v) is 8.90. The van der Waals surface area contributed by atoms with Crippen molar-refractivity contribution in [2.75, 3.05) is 0 Å². The van der Waals surface area contributed by atoms with E-state index in [1.807, 2.05) is 57.2 Å². The summed E-state index contributed by atoms with van der Waals surface area (Å²) in [5, 5.41) is 0. The average Bonchev–Trinajstić information content (AvgIpc) is 2.61. The van der Waals surface area contributed by atoms with Gasteiger partial charge in [0, 0.05) is 0 Å². The van der Waals surface area contributed by atoms with Gasteiger partial charge in [-0.1, -0.05) is 35.9 Å². The second-order valence-corrected chi connectivity index (χ2v) is 6.84. The van der Waals surface area contributed by atoms with E-state index < -0.39 is 0 Å². The Balaban J connectivity index is 1.83. The molecule has 0 aliphatic heterocycles. The molecule has 0 spiro atoms. The molecular formula is C22H28O3. The number of benzene rings is 1. The minimum absolute atomic E-state index is 0.0462. The zero-order valence-corrected chi connectivity index (χ0v) is 15.5. The van der Waals surface area contributed by atoms with Gasteiger partial charge in [0.1, 0.15) is 11.5 Å². The lowest BCUT2D eigenvalue weighted by atomic mass is 9.87. The van der Waals surface area contributed by atoms with Crippen LogP contribution in [-0.2, 0) is 9.53 Å². The van der Waals surface area contributed by atoms with E-state index in [9.17, 15) is 4.79 Å². The fourth-order valence-corrected chi connectivity index (χ4v) is 2.82. The molecule has 0 atom stereocenters. The highest BCUT2D eigenvalue weighted by Crippen LogP contribution is 2.29. The molecule has 1 saturated carbocycles. The summed E-state index contributed by atoms with van der Waals surface area (Å²) in [6.45, 7) is 9.90. The maximum absolute atomic E-state index is 12.3. The van der Waals surface area contributed by atoms with Crippen LogP contribution >= 0.6 is 0 Å². The topological polar surface area (TPSA) is 35.5 Å². The number of carbonyl (C=O) groups excluding carboxylic acids is 1. The van der Waals surface area contributed by atoms with Gasteiger partial charge in [-0.25, -0.2) is 0 Å². The summed E-state index contributed by atoms with van der Waals surface area (Å²) in [6.07, 6.45) is 9.13. The van der Waals surface area contributed by atoms with E-state index >= 15 is 0 Å². The third-order valence-corrected chi connectivity index (χ3v) is 4.33. The summed E-state index contributed by atoms with van der Waals surface area (Å²) in [5.74, 6) is 1.22. The fourth-order valence-electron chi connectivity index (χ4n) is 2.82. The molecule has 25 heavy (non-hydrogen) atoms. The quantitative estimate of drug-likeness (QED) is 0.296. The number of aryl methyl sites for hydroxylation is 1. The predicted molar refractivity (Wildman–Crippen MR) is 101 cm³/mol. The van der Waals surface area contributed by atoms with Crippen molar-refractivity contribution in [1.82, 2.24) is 0 Å². The van der Waals surface area contributed by atoms with Crippen LogP contribution in [-0.4, -0.2) is 12.1 Å². The smallest absolute Gasteiger partial charge is 0.314 e. The minimum Gasteiger partial charge on any atom is -0.490 e. The molecule has 0 aromatic heterocycles. The van der Waals surface area contributed by atoms with Crippen molar-refractivity contribution in [2.24, 2.45) is 5.92 Å². The van der Waals surface area contributed by atoms with Gasteiger partial charge in [0.05, 0.1) is 12.0 Å². The van der Waals surface area contributed by atoms with Gasteiger partial charge >= 0.3 is 5.97 Å². The lowest BCUT2D eigenvalue weighted by Crippen LogP contribution is -2.28. The van der Waals surface area contributed by atoms with E-state index in [1.54, 1.807) is 6.08 Å². The molecule has 1 aromatic rings. The Morgan fingerprint density at radius 2 is 1.72 bits per heavy atom. The fraction of sp³-hybridized carbons (Fsp3) is 0.409. The molecule has 0 saturated heterocycles. The molecule has 3 nitrogen and oxygen atoms in total. The predicted octanol–water partition coefficient (Wildman–Crippen LogP) is 5.51. The number of allylic oxidation sites excluding steroid dienone is 4. The van der Waals surface area contributed by atoms with E-state index in [0.29, 0.717) is 5.75 Å². The number of carbonyl (C=O) groups is 1. The molecule has 1 aliphatic rings. The van der Waals surface area contributed by atoms with Crippen LogP contribution in [0.3, 0.4) is 0 Å². The first-order chi connectivity index (χ1) is 12.0. The number of hydrogen-bond donors (Lipinski definition) is 0. The zero-order valence-electron chi connectivity index (χ0n) is 15.5. The zero-order chi connectivity index (χ0) is 18.2. The van der Waals surface area contributed by atoms with E-state index in [1.165, 1.54) is 5.57 Å². The van der Waals surface area contributed by atoms with Crippen molar-refractivity contribution >= 4 is 5.97 Å². The van der Waals surface area contributed by atoms with Gasteiger partial charge in [0.25, 0.3) is 0 Å². The van der Waals surface area contributed by atoms with Crippen LogP contribution in [0.2, 0.25) is 0 Å². The van der Waals surface area contributed by atoms with Gasteiger partial charge < -0.3 is 9.47 Å². The van der Waals surface area contributed by atoms with Crippen molar-refractivity contribution in [1.29, 1.82) is 0 Å². The summed E-state index contributed by atoms with van der Waals surface area (Å²) in [7, 11) is 0. The molecule has 0 N–H and O–H groups in total. The second-order valence-electron chi connectivity index (χ2n) is 6.84. The van der Waals surface area contributed by atoms with Crippen LogP contribution in [0, 0.1) is 12.8 Å². The lowest BCUT2D eigenvalue weighted by Gasteiger charge is -2.28. The second kappa shape index (κ2) is 9.26. The summed E-state index contributed by atoms with van der Waals surface area (Å²) in [4.78, 5) is 12.3. The number of ether oxygens (including phenoxy) is 2. The Hall–Kier alpha value is -2.29. The molecule has 0 unspecified atom stereocenters. The monoisotopic (exact) mass is 340 g/mol. The van der Waals surface area contributed by atoms with Crippen LogP contribution in [0.5, 0.6) is 5.75 Å². The maximum atomic E-state index is 12.3. The molecule has 0 heterocycles. The Morgan fingerprint density at radius 1 is 1.08 bits per heavy atom. The SMILES string of the molecule is C=C/C(=C\C=C(C)C)OC1CCC(C(=O)Oc2ccc(C)cc2)CC1. The highest BCUT2D eigenvalue weighted by atomic mass is 16.5. The Morgan fingerprint density at radius 3 is 2.28 bits per heavy atom. The molecule has 1 aromatic carbocycles. The van der Waals surface area contributed by atoms with Crippen molar-refractivity contribution in [2.45, 2.75) is 52.6 Å². The van der Waals surface area contributed by atoms with E-state index in [2.05, 4.69) is 6.58 Å². The summed E-state index contributed by atoms with van der Waals surface area (Å²) in [6, 6.07) is 7.57. The van der Waals surface area contributed by atoms with Gasteiger partial charge in [0.2, 0.25) is 0 Å². The molecule has 0 bridgehead atoms. The van der Waals surface area contributed by atoms with Gasteiger partial charge in [-0.05, 0) is 70.7 Å². The van der Waals surface area contributed by atoms with Crippen molar-refractivity contribution in [3.63, 3.8) is 0 Å². The van der Waals surface area contributed by atoms with Gasteiger partial charge in [-0.3, -0.25) is 4.79 Å². The number of esters is 1. The largest absolute Gasteiger partial charge is 0.490 e. The third kappa shape index (κ3) is 6.26. The maximum Gasteiger partial charge on any atom is 0.314 e. The first kappa shape index (κ1) is 19.0. The molecule has 3 heteroatoms. The average molecular weight is 340 g/mol. The molecule has 0 amide bonds. The van der Waals surface area contributed by atoms with Gasteiger partial charge in [-0.15, -0.1) is 0 Å². The highest BCUT2D eigenvalue weighted by Gasteiger charge is 2.28.